The number of carbonyl (C=O) groups excluding carboxylic acids is 2. The summed E-state index contributed by atoms with van der Waals surface area (Å²) in [5.74, 6) is -0.601. The lowest BCUT2D eigenvalue weighted by atomic mass is 10.0. The van der Waals surface area contributed by atoms with E-state index in [1.165, 1.54) is 0 Å². The normalized spacial score (nSPS) is 19.7. The first-order valence-corrected chi connectivity index (χ1v) is 5.59. The van der Waals surface area contributed by atoms with Crippen molar-refractivity contribution in [2.24, 2.45) is 0 Å². The lowest BCUT2D eigenvalue weighted by Crippen LogP contribution is -2.51. The first-order valence-electron chi connectivity index (χ1n) is 5.59. The molecule has 2 aromatic rings. The van der Waals surface area contributed by atoms with Crippen molar-refractivity contribution in [3.05, 3.63) is 29.7 Å². The molecule has 6 nitrogen and oxygen atoms in total. The van der Waals surface area contributed by atoms with Gasteiger partial charge in [0.2, 0.25) is 0 Å². The quantitative estimate of drug-likeness (QED) is 0.713. The number of nitrogens with zero attached hydrogens (tertiary/aromatic N) is 1. The number of nitrogens with one attached hydrogen (secondary N) is 2. The van der Waals surface area contributed by atoms with Gasteiger partial charge in [0.05, 0.1) is 6.04 Å². The van der Waals surface area contributed by atoms with E-state index in [1.807, 2.05) is 18.2 Å². The highest BCUT2D eigenvalue weighted by atomic mass is 16.3. The first-order chi connectivity index (χ1) is 8.63. The summed E-state index contributed by atoms with van der Waals surface area (Å²) in [7, 11) is 0. The molecule has 0 aliphatic carbocycles. The van der Waals surface area contributed by atoms with Gasteiger partial charge in [-0.2, -0.15) is 0 Å². The third-order valence-electron chi connectivity index (χ3n) is 2.90. The van der Waals surface area contributed by atoms with Crippen LogP contribution in [0.4, 0.5) is 0 Å². The molecule has 0 saturated carbocycles. The van der Waals surface area contributed by atoms with Gasteiger partial charge in [0.1, 0.15) is 5.52 Å². The van der Waals surface area contributed by atoms with Crippen molar-refractivity contribution in [1.82, 2.24) is 15.6 Å². The van der Waals surface area contributed by atoms with Crippen LogP contribution in [-0.4, -0.2) is 23.3 Å². The topological polar surface area (TPSA) is 84.2 Å². The van der Waals surface area contributed by atoms with E-state index in [2.05, 4.69) is 15.6 Å². The van der Waals surface area contributed by atoms with Gasteiger partial charge in [-0.3, -0.25) is 9.59 Å². The molecule has 1 fully saturated rings. The molecule has 3 rings (SSSR count). The van der Waals surface area contributed by atoms with Crippen LogP contribution in [0.25, 0.3) is 11.1 Å². The van der Waals surface area contributed by atoms with E-state index in [1.54, 1.807) is 6.92 Å². The van der Waals surface area contributed by atoms with Crippen LogP contribution < -0.4 is 10.6 Å². The van der Waals surface area contributed by atoms with E-state index in [9.17, 15) is 9.59 Å². The molecule has 1 aliphatic heterocycles. The fourth-order valence-corrected chi connectivity index (χ4v) is 2.03. The van der Waals surface area contributed by atoms with Crippen molar-refractivity contribution in [3.8, 4) is 0 Å². The van der Waals surface area contributed by atoms with Crippen LogP contribution in [-0.2, 0) is 9.59 Å². The van der Waals surface area contributed by atoms with Gasteiger partial charge >= 0.3 is 11.8 Å². The lowest BCUT2D eigenvalue weighted by molar-refractivity contribution is -0.141. The van der Waals surface area contributed by atoms with Gasteiger partial charge in [0.15, 0.2) is 11.5 Å². The minimum atomic E-state index is -0.609. The standard InChI is InChI=1S/C12H11N3O3/c1-6-14-8-4-7(2-3-10(8)18-6)9-5-13-11(16)12(17)15-9/h2-4,9H,5H2,1H3,(H,13,16)(H,15,17). The molecule has 0 spiro atoms. The average Bonchev–Trinajstić information content (AvgIpc) is 2.71. The maximum atomic E-state index is 11.3. The van der Waals surface area contributed by atoms with Crippen molar-refractivity contribution in [2.75, 3.05) is 6.54 Å². The summed E-state index contributed by atoms with van der Waals surface area (Å²) in [5, 5.41) is 5.18. The second-order valence-electron chi connectivity index (χ2n) is 4.20. The number of fused-ring (bicyclic) bond motifs is 1. The first kappa shape index (κ1) is 10.8. The van der Waals surface area contributed by atoms with Crippen molar-refractivity contribution in [2.45, 2.75) is 13.0 Å². The van der Waals surface area contributed by atoms with Gasteiger partial charge < -0.3 is 15.1 Å². The molecule has 1 unspecified atom stereocenters. The molecule has 2 N–H and O–H groups in total. The molecular weight excluding hydrogens is 234 g/mol. The zero-order valence-corrected chi connectivity index (χ0v) is 9.69. The zero-order chi connectivity index (χ0) is 12.7. The van der Waals surface area contributed by atoms with E-state index in [0.29, 0.717) is 18.0 Å². The van der Waals surface area contributed by atoms with Crippen LogP contribution in [0.15, 0.2) is 22.6 Å². The highest BCUT2D eigenvalue weighted by Crippen LogP contribution is 2.21. The number of aryl methyl sites for hydroxylation is 1. The largest absolute Gasteiger partial charge is 0.441 e. The molecule has 0 radical (unpaired) electrons. The van der Waals surface area contributed by atoms with Gasteiger partial charge in [-0.05, 0) is 17.7 Å². The summed E-state index contributed by atoms with van der Waals surface area (Å²) in [6.45, 7) is 2.16. The SMILES string of the molecule is Cc1nc2cc(C3CNC(=O)C(=O)N3)ccc2o1. The number of rotatable bonds is 1. The Morgan fingerprint density at radius 1 is 1.33 bits per heavy atom. The highest BCUT2D eigenvalue weighted by Gasteiger charge is 2.26. The molecule has 6 heteroatoms. The van der Waals surface area contributed by atoms with E-state index >= 15 is 0 Å². The predicted octanol–water partition coefficient (Wildman–Crippen LogP) is 0.423. The Bertz CT molecular complexity index is 647. The van der Waals surface area contributed by atoms with Gasteiger partial charge in [-0.15, -0.1) is 0 Å². The Labute approximate surface area is 102 Å². The Morgan fingerprint density at radius 2 is 2.17 bits per heavy atom. The molecule has 1 atom stereocenters. The lowest BCUT2D eigenvalue weighted by Gasteiger charge is -2.23. The second-order valence-corrected chi connectivity index (χ2v) is 4.20. The fourth-order valence-electron chi connectivity index (χ4n) is 2.03. The van der Waals surface area contributed by atoms with Crippen LogP contribution in [0.2, 0.25) is 0 Å². The summed E-state index contributed by atoms with van der Waals surface area (Å²) in [6.07, 6.45) is 0. The number of piperazine rings is 1. The average molecular weight is 245 g/mol. The van der Waals surface area contributed by atoms with Crippen LogP contribution in [0.1, 0.15) is 17.5 Å². The highest BCUT2D eigenvalue weighted by molar-refractivity contribution is 6.35. The van der Waals surface area contributed by atoms with Crippen molar-refractivity contribution in [1.29, 1.82) is 0 Å². The summed E-state index contributed by atoms with van der Waals surface area (Å²) in [6, 6.07) is 5.30. The predicted molar refractivity (Wildman–Crippen MR) is 62.6 cm³/mol. The number of carbonyl (C=O) groups is 2. The summed E-state index contributed by atoms with van der Waals surface area (Å²) in [4.78, 5) is 26.6. The smallest absolute Gasteiger partial charge is 0.309 e. The number of oxazole rings is 1. The molecular formula is C12H11N3O3. The van der Waals surface area contributed by atoms with Crippen molar-refractivity contribution < 1.29 is 14.0 Å². The Morgan fingerprint density at radius 3 is 2.94 bits per heavy atom. The molecule has 18 heavy (non-hydrogen) atoms. The molecule has 1 aromatic heterocycles. The molecule has 92 valence electrons. The molecule has 2 amide bonds. The molecule has 1 aliphatic rings. The zero-order valence-electron chi connectivity index (χ0n) is 9.69. The third kappa shape index (κ3) is 1.71. The summed E-state index contributed by atoms with van der Waals surface area (Å²) >= 11 is 0. The summed E-state index contributed by atoms with van der Waals surface area (Å²) < 4.78 is 5.38. The van der Waals surface area contributed by atoms with Gasteiger partial charge in [0.25, 0.3) is 0 Å². The minimum absolute atomic E-state index is 0.225. The summed E-state index contributed by atoms with van der Waals surface area (Å²) in [5.41, 5.74) is 2.35. The fraction of sp³-hybridized carbons (Fsp3) is 0.250. The van der Waals surface area contributed by atoms with E-state index in [-0.39, 0.29) is 6.04 Å². The van der Waals surface area contributed by atoms with Crippen molar-refractivity contribution in [3.63, 3.8) is 0 Å². The van der Waals surface area contributed by atoms with E-state index in [0.717, 1.165) is 11.1 Å². The number of aromatic nitrogens is 1. The third-order valence-corrected chi connectivity index (χ3v) is 2.90. The van der Waals surface area contributed by atoms with Crippen LogP contribution >= 0.6 is 0 Å². The molecule has 1 aromatic carbocycles. The van der Waals surface area contributed by atoms with Crippen LogP contribution in [0.3, 0.4) is 0 Å². The Kier molecular flexibility index (Phi) is 2.29. The number of hydrogen-bond acceptors (Lipinski definition) is 4. The van der Waals surface area contributed by atoms with Gasteiger partial charge in [-0.25, -0.2) is 4.98 Å². The number of amides is 2. The molecule has 0 bridgehead atoms. The Balaban J connectivity index is 1.94. The molecule has 1 saturated heterocycles. The van der Waals surface area contributed by atoms with Gasteiger partial charge in [0, 0.05) is 13.5 Å². The maximum absolute atomic E-state index is 11.3. The second kappa shape index (κ2) is 3.83. The number of benzene rings is 1. The molecule has 2 heterocycles. The van der Waals surface area contributed by atoms with E-state index < -0.39 is 11.8 Å². The van der Waals surface area contributed by atoms with Crippen molar-refractivity contribution >= 4 is 22.9 Å². The number of hydrogen-bond donors (Lipinski definition) is 2. The monoisotopic (exact) mass is 245 g/mol. The van der Waals surface area contributed by atoms with Crippen LogP contribution in [0, 0.1) is 6.92 Å². The minimum Gasteiger partial charge on any atom is -0.441 e. The van der Waals surface area contributed by atoms with E-state index in [4.69, 9.17) is 4.42 Å². The Hall–Kier alpha value is -2.37. The van der Waals surface area contributed by atoms with Gasteiger partial charge in [-0.1, -0.05) is 6.07 Å². The maximum Gasteiger partial charge on any atom is 0.309 e. The van der Waals surface area contributed by atoms with Crippen LogP contribution in [0.5, 0.6) is 0 Å².